The van der Waals surface area contributed by atoms with Crippen LogP contribution in [0.25, 0.3) is 0 Å². The van der Waals surface area contributed by atoms with Crippen molar-refractivity contribution < 1.29 is 9.53 Å². The van der Waals surface area contributed by atoms with E-state index in [0.717, 1.165) is 57.0 Å². The Hall–Kier alpha value is -1.40. The number of aromatic nitrogens is 2. The summed E-state index contributed by atoms with van der Waals surface area (Å²) in [4.78, 5) is 19.6. The summed E-state index contributed by atoms with van der Waals surface area (Å²) in [5.41, 5.74) is 7.01. The number of hydrogen-bond donors (Lipinski definition) is 1. The fourth-order valence-corrected chi connectivity index (χ4v) is 3.54. The number of unbranched alkanes of at least 4 members (excludes halogenated alkanes) is 2. The third kappa shape index (κ3) is 4.42. The van der Waals surface area contributed by atoms with Crippen LogP contribution in [0, 0.1) is 0 Å². The van der Waals surface area contributed by atoms with Crippen LogP contribution in [0.4, 0.5) is 0 Å². The summed E-state index contributed by atoms with van der Waals surface area (Å²) >= 11 is 0. The zero-order chi connectivity index (χ0) is 18.6. The number of amides is 1. The van der Waals surface area contributed by atoms with E-state index < -0.39 is 5.91 Å². The molecule has 1 aromatic rings. The molecule has 2 rings (SSSR count). The van der Waals surface area contributed by atoms with E-state index in [2.05, 4.69) is 44.1 Å². The number of primary amides is 1. The monoisotopic (exact) mass is 350 g/mol. The molecule has 1 aromatic heterocycles. The Bertz CT molecular complexity index is 589. The van der Waals surface area contributed by atoms with Gasteiger partial charge in [0.1, 0.15) is 11.5 Å². The molecule has 0 saturated carbocycles. The van der Waals surface area contributed by atoms with Gasteiger partial charge >= 0.3 is 0 Å². The van der Waals surface area contributed by atoms with Gasteiger partial charge in [-0.2, -0.15) is 0 Å². The van der Waals surface area contributed by atoms with Gasteiger partial charge < -0.3 is 15.0 Å². The lowest BCUT2D eigenvalue weighted by Gasteiger charge is -2.34. The number of imidazole rings is 1. The largest absolute Gasteiger partial charge is 0.378 e. The van der Waals surface area contributed by atoms with Gasteiger partial charge in [-0.05, 0) is 13.0 Å². The molecule has 2 N–H and O–H groups in total. The highest BCUT2D eigenvalue weighted by Crippen LogP contribution is 2.31. The number of carbonyl (C=O) groups is 1. The molecule has 0 aromatic carbocycles. The molecule has 25 heavy (non-hydrogen) atoms. The third-order valence-electron chi connectivity index (χ3n) is 4.85. The minimum atomic E-state index is -0.392. The maximum Gasteiger partial charge on any atom is 0.267 e. The van der Waals surface area contributed by atoms with Gasteiger partial charge in [0, 0.05) is 18.5 Å². The van der Waals surface area contributed by atoms with Crippen LogP contribution in [0.1, 0.15) is 81.9 Å². The molecule has 1 aliphatic rings. The van der Waals surface area contributed by atoms with Crippen molar-refractivity contribution >= 4 is 5.91 Å². The van der Waals surface area contributed by atoms with E-state index >= 15 is 0 Å². The molecule has 1 amide bonds. The van der Waals surface area contributed by atoms with Gasteiger partial charge in [-0.1, -0.05) is 47.5 Å². The Kier molecular flexibility index (Phi) is 6.63. The number of ether oxygens (including phenoxy) is 1. The maximum atomic E-state index is 12.4. The van der Waals surface area contributed by atoms with Crippen LogP contribution < -0.4 is 5.73 Å². The average molecular weight is 351 g/mol. The van der Waals surface area contributed by atoms with Crippen LogP contribution in [-0.4, -0.2) is 46.7 Å². The summed E-state index contributed by atoms with van der Waals surface area (Å²) in [5, 5.41) is 0. The molecule has 6 nitrogen and oxygen atoms in total. The normalized spacial score (nSPS) is 19.3. The number of hydrogen-bond acceptors (Lipinski definition) is 4. The molecular formula is C19H34N4O2. The fourth-order valence-electron chi connectivity index (χ4n) is 3.54. The van der Waals surface area contributed by atoms with E-state index in [-0.39, 0.29) is 11.5 Å². The zero-order valence-corrected chi connectivity index (χ0v) is 16.5. The number of nitrogens with two attached hydrogens (primary N) is 1. The lowest BCUT2D eigenvalue weighted by molar-refractivity contribution is -0.00748. The van der Waals surface area contributed by atoms with Crippen LogP contribution in [0.5, 0.6) is 0 Å². The first-order valence-corrected chi connectivity index (χ1v) is 9.53. The molecule has 1 aliphatic heterocycles. The molecule has 0 radical (unpaired) electrons. The molecule has 0 bridgehead atoms. The van der Waals surface area contributed by atoms with E-state index in [1.54, 1.807) is 0 Å². The van der Waals surface area contributed by atoms with E-state index in [1.807, 2.05) is 0 Å². The van der Waals surface area contributed by atoms with Crippen LogP contribution in [-0.2, 0) is 16.7 Å². The van der Waals surface area contributed by atoms with Crippen LogP contribution in [0.3, 0.4) is 0 Å². The Morgan fingerprint density at radius 2 is 2.04 bits per heavy atom. The summed E-state index contributed by atoms with van der Waals surface area (Å²) < 4.78 is 7.76. The van der Waals surface area contributed by atoms with E-state index in [1.165, 1.54) is 0 Å². The topological polar surface area (TPSA) is 73.4 Å². The summed E-state index contributed by atoms with van der Waals surface area (Å²) in [6.45, 7) is 14.5. The molecule has 2 heterocycles. The Labute approximate surface area is 151 Å². The van der Waals surface area contributed by atoms with Crippen molar-refractivity contribution in [2.75, 3.05) is 26.3 Å². The molecule has 1 fully saturated rings. The molecule has 142 valence electrons. The number of carbonyl (C=O) groups excluding carboxylic acids is 1. The van der Waals surface area contributed by atoms with Crippen molar-refractivity contribution in [3.8, 4) is 0 Å². The van der Waals surface area contributed by atoms with Crippen molar-refractivity contribution in [2.45, 2.75) is 71.9 Å². The fraction of sp³-hybridized carbons (Fsp3) is 0.789. The molecule has 1 atom stereocenters. The molecule has 6 heteroatoms. The van der Waals surface area contributed by atoms with Gasteiger partial charge in [-0.15, -0.1) is 0 Å². The predicted octanol–water partition coefficient (Wildman–Crippen LogP) is 2.86. The Morgan fingerprint density at radius 3 is 2.60 bits per heavy atom. The van der Waals surface area contributed by atoms with Crippen molar-refractivity contribution in [1.82, 2.24) is 14.5 Å². The van der Waals surface area contributed by atoms with Crippen LogP contribution >= 0.6 is 0 Å². The Morgan fingerprint density at radius 1 is 1.32 bits per heavy atom. The minimum Gasteiger partial charge on any atom is -0.378 e. The van der Waals surface area contributed by atoms with Gasteiger partial charge in [-0.25, -0.2) is 4.98 Å². The lowest BCUT2D eigenvalue weighted by Crippen LogP contribution is -2.40. The Balaban J connectivity index is 2.53. The van der Waals surface area contributed by atoms with E-state index in [9.17, 15) is 4.79 Å². The third-order valence-corrected chi connectivity index (χ3v) is 4.85. The molecule has 1 saturated heterocycles. The average Bonchev–Trinajstić information content (AvgIpc) is 2.95. The standard InChI is InChI=1S/C19H34N4O2/c1-6-8-9-10-23-16(17(20)24)15(21-18(23)19(3,4)5)14-13-25-12-11-22(14)7-2/h14H,6-13H2,1-5H3,(H2,20,24). The second-order valence-corrected chi connectivity index (χ2v) is 7.86. The molecule has 1 unspecified atom stereocenters. The van der Waals surface area contributed by atoms with E-state index in [0.29, 0.717) is 12.3 Å². The number of nitrogens with zero attached hydrogens (tertiary/aromatic N) is 3. The predicted molar refractivity (Wildman–Crippen MR) is 99.8 cm³/mol. The van der Waals surface area contributed by atoms with Gasteiger partial charge in [0.25, 0.3) is 5.91 Å². The second-order valence-electron chi connectivity index (χ2n) is 7.86. The first kappa shape index (κ1) is 19.9. The smallest absolute Gasteiger partial charge is 0.267 e. The highest BCUT2D eigenvalue weighted by atomic mass is 16.5. The quantitative estimate of drug-likeness (QED) is 0.768. The van der Waals surface area contributed by atoms with Crippen molar-refractivity contribution in [2.24, 2.45) is 5.73 Å². The summed E-state index contributed by atoms with van der Waals surface area (Å²) in [7, 11) is 0. The number of morpholine rings is 1. The minimum absolute atomic E-state index is 0.00484. The van der Waals surface area contributed by atoms with Crippen molar-refractivity contribution in [1.29, 1.82) is 0 Å². The molecule has 0 aliphatic carbocycles. The van der Waals surface area contributed by atoms with Gasteiger partial charge in [0.2, 0.25) is 0 Å². The molecular weight excluding hydrogens is 316 g/mol. The zero-order valence-electron chi connectivity index (χ0n) is 16.5. The number of rotatable bonds is 7. The van der Waals surface area contributed by atoms with Gasteiger partial charge in [-0.3, -0.25) is 9.69 Å². The summed E-state index contributed by atoms with van der Waals surface area (Å²) in [6, 6.07) is -0.00484. The van der Waals surface area contributed by atoms with Crippen LogP contribution in [0.2, 0.25) is 0 Å². The SMILES string of the molecule is CCCCCn1c(C(C)(C)C)nc(C2COCCN2CC)c1C(N)=O. The maximum absolute atomic E-state index is 12.4. The molecule has 0 spiro atoms. The van der Waals surface area contributed by atoms with Crippen LogP contribution in [0.15, 0.2) is 0 Å². The summed E-state index contributed by atoms with van der Waals surface area (Å²) in [5.74, 6) is 0.546. The highest BCUT2D eigenvalue weighted by Gasteiger charge is 2.34. The number of likely N-dealkylation sites (N-methyl/N-ethyl adjacent to an activating group) is 1. The second kappa shape index (κ2) is 8.32. The van der Waals surface area contributed by atoms with Gasteiger partial charge in [0.15, 0.2) is 0 Å². The summed E-state index contributed by atoms with van der Waals surface area (Å²) in [6.07, 6.45) is 3.29. The van der Waals surface area contributed by atoms with Crippen molar-refractivity contribution in [3.63, 3.8) is 0 Å². The first-order chi connectivity index (χ1) is 11.8. The van der Waals surface area contributed by atoms with Crippen molar-refractivity contribution in [3.05, 3.63) is 17.2 Å². The van der Waals surface area contributed by atoms with Gasteiger partial charge in [0.05, 0.1) is 24.9 Å². The lowest BCUT2D eigenvalue weighted by atomic mass is 9.95. The van der Waals surface area contributed by atoms with E-state index in [4.69, 9.17) is 15.5 Å². The highest BCUT2D eigenvalue weighted by molar-refractivity contribution is 5.92. The first-order valence-electron chi connectivity index (χ1n) is 9.53.